The maximum absolute atomic E-state index is 14.1. The summed E-state index contributed by atoms with van der Waals surface area (Å²) in [5.74, 6) is -1.45. The summed E-state index contributed by atoms with van der Waals surface area (Å²) < 4.78 is 62.9. The second-order valence-corrected chi connectivity index (χ2v) is 31.4. The highest BCUT2D eigenvalue weighted by Crippen LogP contribution is 2.43. The molecule has 0 spiro atoms. The molecule has 4 aromatic rings. The molecule has 8 rings (SSSR count). The van der Waals surface area contributed by atoms with Crippen molar-refractivity contribution in [1.82, 2.24) is 49.6 Å². The number of sulfonamides is 1. The van der Waals surface area contributed by atoms with E-state index < -0.39 is 90.8 Å². The van der Waals surface area contributed by atoms with Crippen molar-refractivity contribution < 1.29 is 79.5 Å². The average Bonchev–Trinajstić information content (AvgIpc) is 1.61. The van der Waals surface area contributed by atoms with Crippen LogP contribution in [0.4, 0.5) is 30.6 Å². The predicted octanol–water partition coefficient (Wildman–Crippen LogP) is 6.25. The molecule has 4 fully saturated rings. The van der Waals surface area contributed by atoms with Gasteiger partial charge in [0.15, 0.2) is 18.3 Å². The zero-order valence-electron chi connectivity index (χ0n) is 56.7. The zero-order valence-corrected chi connectivity index (χ0v) is 60.0. The van der Waals surface area contributed by atoms with Gasteiger partial charge in [0.2, 0.25) is 21.8 Å². The SMILES string of the molecule is CC(C)(C)OC(=O)[C@H](Cc1ccc(NC(=O)N2CCN(C(=O)OCCOCCCOC(=O)N3CCN(C(=O)Nc4ccc(C[C@H](NC(=O)[C@H]5N(S(=O)(=O)c6cccnc6)CSC5(C)C)C(=O)OC(C)(C)C)cc4)CC3)CC2)cc1)NC(=O)[C@H]1N(Oc2cccnc2)CSC1(C)C.O=S. The number of hydroxylamine groups is 2. The van der Waals surface area contributed by atoms with E-state index in [0.717, 1.165) is 4.31 Å². The second-order valence-electron chi connectivity index (χ2n) is 26.3. The fourth-order valence-corrected chi connectivity index (χ4v) is 14.9. The van der Waals surface area contributed by atoms with E-state index in [-0.39, 0.29) is 114 Å². The number of hydrogen-bond acceptors (Lipinski definition) is 23. The quantitative estimate of drug-likeness (QED) is 0.0362. The standard InChI is InChI=1S/C65H88N12O16S3.OS/c1-62(2,3)91-56(80)50(70-54(78)52-64(7,8)94-42-76(52)93-48-14-11-24-66-40-48)38-44-16-20-46(21-17-44)69-59(83)73-28-32-75(33-29-73)61(85)90-37-36-88-34-13-35-89-60(84)74-30-26-72(27-31-74)58(82)68-47-22-18-45(19-23-47)39-51(57(81)92-63(4,5)6)71-55(79)53-65(9,10)95-43-77(53)96(86,87)49-15-12-25-67-41-49;1-2/h11-12,14-25,40-41,50-53H,13,26-39,42-43H2,1-10H3,(H,68,82)(H,69,83)(H,70,78)(H,71,79);/t50-,51-,52+,53+;/m0./s1. The number of benzene rings is 2. The van der Waals surface area contributed by atoms with Crippen LogP contribution in [0.15, 0.2) is 102 Å². The van der Waals surface area contributed by atoms with Crippen LogP contribution in [-0.2, 0) is 78.3 Å². The number of nitrogens with one attached hydrogen (secondary N) is 4. The average molecular weight is 1440 g/mol. The number of pyridine rings is 2. The summed E-state index contributed by atoms with van der Waals surface area (Å²) in [5, 5.41) is 13.1. The van der Waals surface area contributed by atoms with Crippen molar-refractivity contribution in [2.75, 3.05) is 101 Å². The Kier molecular flexibility index (Phi) is 27.4. The van der Waals surface area contributed by atoms with Gasteiger partial charge in [-0.3, -0.25) is 19.6 Å². The lowest BCUT2D eigenvalue weighted by Crippen LogP contribution is -2.57. The van der Waals surface area contributed by atoms with Crippen LogP contribution in [-0.4, -0.2) is 235 Å². The summed E-state index contributed by atoms with van der Waals surface area (Å²) in [6, 6.07) is 15.2. The predicted molar refractivity (Wildman–Crippen MR) is 367 cm³/mol. The van der Waals surface area contributed by atoms with Gasteiger partial charge in [-0.05, 0) is 129 Å². The number of carbonyl (C=O) groups excluding carboxylic acids is 8. The highest BCUT2D eigenvalue weighted by Gasteiger charge is 2.52. The number of amides is 8. The van der Waals surface area contributed by atoms with Crippen molar-refractivity contribution in [3.05, 3.63) is 109 Å². The van der Waals surface area contributed by atoms with Gasteiger partial charge in [-0.1, -0.05) is 24.3 Å². The summed E-state index contributed by atoms with van der Waals surface area (Å²) in [6.45, 7) is 20.2. The van der Waals surface area contributed by atoms with Crippen LogP contribution in [0.2, 0.25) is 0 Å². The number of carbonyl (C=O) groups is 8. The first-order valence-electron chi connectivity index (χ1n) is 31.8. The molecule has 0 radical (unpaired) electrons. The minimum Gasteiger partial charge on any atom is -0.458 e. The van der Waals surface area contributed by atoms with E-state index in [1.807, 2.05) is 13.8 Å². The number of hydrogen-bond donors (Lipinski definition) is 4. The van der Waals surface area contributed by atoms with E-state index in [9.17, 15) is 46.8 Å². The van der Waals surface area contributed by atoms with E-state index in [4.69, 9.17) is 32.7 Å². The van der Waals surface area contributed by atoms with Crippen LogP contribution in [0.5, 0.6) is 5.75 Å². The van der Waals surface area contributed by atoms with Crippen molar-refractivity contribution >= 4 is 105 Å². The lowest BCUT2D eigenvalue weighted by atomic mass is 10.0. The Morgan fingerprint density at radius 1 is 0.571 bits per heavy atom. The first-order valence-corrected chi connectivity index (χ1v) is 35.6. The number of esters is 2. The van der Waals surface area contributed by atoms with E-state index in [1.54, 1.807) is 155 Å². The minimum absolute atomic E-state index is 0.00395. The van der Waals surface area contributed by atoms with Gasteiger partial charge in [0.25, 0.3) is 0 Å². The third-order valence-corrected chi connectivity index (χ3v) is 20.4. The van der Waals surface area contributed by atoms with Crippen LogP contribution in [0, 0.1) is 0 Å². The first-order chi connectivity index (χ1) is 46.4. The summed E-state index contributed by atoms with van der Waals surface area (Å²) in [5.41, 5.74) is 0.614. The molecule has 2 aromatic heterocycles. The summed E-state index contributed by atoms with van der Waals surface area (Å²) in [7, 11) is -4.13. The fourth-order valence-electron chi connectivity index (χ4n) is 10.7. The summed E-state index contributed by atoms with van der Waals surface area (Å²) in [4.78, 5) is 128. The number of rotatable bonds is 23. The molecule has 4 saturated heterocycles. The van der Waals surface area contributed by atoms with E-state index in [0.29, 0.717) is 40.5 Å². The van der Waals surface area contributed by atoms with Gasteiger partial charge in [-0.2, -0.15) is 8.51 Å². The molecule has 4 N–H and O–H groups in total. The smallest absolute Gasteiger partial charge is 0.409 e. The van der Waals surface area contributed by atoms with Crippen LogP contribution in [0.3, 0.4) is 0 Å². The number of ether oxygens (including phenoxy) is 5. The molecule has 0 unspecified atom stereocenters. The van der Waals surface area contributed by atoms with Crippen LogP contribution < -0.4 is 26.1 Å². The molecule has 4 aliphatic heterocycles. The monoisotopic (exact) mass is 1440 g/mol. The van der Waals surface area contributed by atoms with Gasteiger partial charge in [0, 0.05) is 118 Å². The molecule has 0 saturated carbocycles. The van der Waals surface area contributed by atoms with Crippen LogP contribution in [0.25, 0.3) is 0 Å². The summed E-state index contributed by atoms with van der Waals surface area (Å²) in [6.07, 6.45) is 5.31. The fraction of sp³-hybridized carbons (Fsp3) is 0.538. The van der Waals surface area contributed by atoms with Crippen LogP contribution in [0.1, 0.15) is 86.8 Å². The van der Waals surface area contributed by atoms with E-state index in [1.165, 1.54) is 46.1 Å². The molecule has 98 heavy (non-hydrogen) atoms. The second kappa shape index (κ2) is 34.7. The molecule has 4 aliphatic rings. The van der Waals surface area contributed by atoms with Gasteiger partial charge in [-0.15, -0.1) is 28.6 Å². The van der Waals surface area contributed by atoms with Crippen molar-refractivity contribution in [1.29, 1.82) is 0 Å². The van der Waals surface area contributed by atoms with Crippen molar-refractivity contribution in [3.63, 3.8) is 0 Å². The van der Waals surface area contributed by atoms with Crippen molar-refractivity contribution in [3.8, 4) is 5.75 Å². The number of urea groups is 2. The van der Waals surface area contributed by atoms with Crippen LogP contribution >= 0.6 is 23.5 Å². The Morgan fingerprint density at radius 2 is 1.01 bits per heavy atom. The van der Waals surface area contributed by atoms with Gasteiger partial charge in [-0.25, -0.2) is 37.2 Å². The third kappa shape index (κ3) is 22.3. The largest absolute Gasteiger partial charge is 0.458 e. The molecule has 0 bridgehead atoms. The highest BCUT2D eigenvalue weighted by atomic mass is 32.2. The lowest BCUT2D eigenvalue weighted by molar-refractivity contribution is -0.160. The van der Waals surface area contributed by atoms with E-state index >= 15 is 0 Å². The molecule has 4 atom stereocenters. The van der Waals surface area contributed by atoms with Gasteiger partial charge >= 0.3 is 36.2 Å². The van der Waals surface area contributed by atoms with Crippen molar-refractivity contribution in [2.24, 2.45) is 0 Å². The number of anilines is 2. The number of thioether (sulfide) groups is 2. The topological polar surface area (TPSA) is 336 Å². The Hall–Kier alpha value is -7.95. The maximum Gasteiger partial charge on any atom is 0.409 e. The maximum atomic E-state index is 14.1. The molecule has 6 heterocycles. The lowest BCUT2D eigenvalue weighted by Gasteiger charge is -2.34. The minimum atomic E-state index is -4.13. The normalized spacial score (nSPS) is 18.6. The Balaban J connectivity index is 0.00000670. The molecule has 2 aromatic carbocycles. The first kappa shape index (κ1) is 77.4. The molecular weight excluding hydrogens is 1350 g/mol. The highest BCUT2D eigenvalue weighted by molar-refractivity contribution is 8.02. The molecule has 29 nitrogen and oxygen atoms in total. The van der Waals surface area contributed by atoms with Gasteiger partial charge in [0.05, 0.1) is 31.2 Å². The Labute approximate surface area is 585 Å². The molecular formula is C65H88N12O17S4. The molecule has 33 heteroatoms. The summed E-state index contributed by atoms with van der Waals surface area (Å²) >= 11 is 5.69. The molecule has 534 valence electrons. The number of piperazine rings is 2. The van der Waals surface area contributed by atoms with E-state index in [2.05, 4.69) is 43.8 Å². The third-order valence-electron chi connectivity index (χ3n) is 15.7. The molecule has 8 amide bonds. The van der Waals surface area contributed by atoms with Gasteiger partial charge < -0.3 is 69.4 Å². The Morgan fingerprint density at radius 3 is 1.47 bits per heavy atom. The zero-order chi connectivity index (χ0) is 71.6. The number of aromatic nitrogens is 2. The number of nitrogens with zero attached hydrogens (tertiary/aromatic N) is 8. The van der Waals surface area contributed by atoms with Crippen molar-refractivity contribution in [2.45, 2.75) is 138 Å². The Bertz CT molecular complexity index is 3480. The molecule has 0 aliphatic carbocycles. The van der Waals surface area contributed by atoms with Gasteiger partial charge in [0.1, 0.15) is 46.9 Å².